The van der Waals surface area contributed by atoms with Crippen molar-refractivity contribution in [3.8, 4) is 0 Å². The van der Waals surface area contributed by atoms with Gasteiger partial charge in [-0.1, -0.05) is 13.8 Å². The van der Waals surface area contributed by atoms with E-state index >= 15 is 0 Å². The highest BCUT2D eigenvalue weighted by atomic mass is 32.2. The summed E-state index contributed by atoms with van der Waals surface area (Å²) in [6.45, 7) is 4.56. The molecule has 0 amide bonds. The van der Waals surface area contributed by atoms with Gasteiger partial charge in [-0.2, -0.15) is 0 Å². The molecule has 0 spiro atoms. The van der Waals surface area contributed by atoms with Crippen molar-refractivity contribution in [1.82, 2.24) is 4.98 Å². The molecule has 0 saturated carbocycles. The van der Waals surface area contributed by atoms with Gasteiger partial charge in [-0.3, -0.25) is 4.72 Å². The SMILES string of the molecule is CC(C)c1csc(NS(=O)(=O)CCCCN)n1. The Morgan fingerprint density at radius 1 is 1.47 bits per heavy atom. The smallest absolute Gasteiger partial charge is 0.234 e. The lowest BCUT2D eigenvalue weighted by Crippen LogP contribution is -2.17. The zero-order valence-electron chi connectivity index (χ0n) is 10.1. The van der Waals surface area contributed by atoms with E-state index in [1.165, 1.54) is 11.3 Å². The van der Waals surface area contributed by atoms with Crippen molar-refractivity contribution >= 4 is 26.5 Å². The van der Waals surface area contributed by atoms with Gasteiger partial charge in [0.2, 0.25) is 10.0 Å². The number of rotatable bonds is 7. The number of hydrogen-bond donors (Lipinski definition) is 2. The Hall–Kier alpha value is -0.660. The topological polar surface area (TPSA) is 85.1 Å². The van der Waals surface area contributed by atoms with Crippen LogP contribution in [0.5, 0.6) is 0 Å². The fourth-order valence-electron chi connectivity index (χ4n) is 1.22. The number of nitrogens with one attached hydrogen (secondary N) is 1. The van der Waals surface area contributed by atoms with Crippen molar-refractivity contribution in [2.75, 3.05) is 17.0 Å². The molecule has 1 aromatic heterocycles. The molecule has 0 aromatic carbocycles. The zero-order valence-corrected chi connectivity index (χ0v) is 11.8. The summed E-state index contributed by atoms with van der Waals surface area (Å²) in [7, 11) is -3.28. The number of anilines is 1. The fraction of sp³-hybridized carbons (Fsp3) is 0.700. The standard InChI is InChI=1S/C10H19N3O2S2/c1-8(2)9-7-16-10(12-9)13-17(14,15)6-4-3-5-11/h7-8H,3-6,11H2,1-2H3,(H,12,13). The Kier molecular flexibility index (Phi) is 5.35. The van der Waals surface area contributed by atoms with Gasteiger partial charge in [0.15, 0.2) is 5.13 Å². The molecule has 1 rings (SSSR count). The molecular formula is C10H19N3O2S2. The van der Waals surface area contributed by atoms with Gasteiger partial charge in [0.05, 0.1) is 11.4 Å². The lowest BCUT2D eigenvalue weighted by molar-refractivity contribution is 0.597. The highest BCUT2D eigenvalue weighted by molar-refractivity contribution is 7.92. The molecule has 98 valence electrons. The molecule has 0 radical (unpaired) electrons. The van der Waals surface area contributed by atoms with Gasteiger partial charge in [-0.25, -0.2) is 13.4 Å². The predicted octanol–water partition coefficient (Wildman–Crippen LogP) is 1.75. The van der Waals surface area contributed by atoms with E-state index in [1.807, 2.05) is 19.2 Å². The summed E-state index contributed by atoms with van der Waals surface area (Å²) in [6.07, 6.45) is 1.30. The first-order valence-corrected chi connectivity index (χ1v) is 8.14. The minimum Gasteiger partial charge on any atom is -0.330 e. The second kappa shape index (κ2) is 6.32. The average Bonchev–Trinajstić information content (AvgIpc) is 2.65. The second-order valence-electron chi connectivity index (χ2n) is 4.15. The number of nitrogens with zero attached hydrogens (tertiary/aromatic N) is 1. The Labute approximate surface area is 106 Å². The monoisotopic (exact) mass is 277 g/mol. The normalized spacial score (nSPS) is 12.0. The Balaban J connectivity index is 2.57. The van der Waals surface area contributed by atoms with Crippen LogP contribution in [0.3, 0.4) is 0 Å². The Morgan fingerprint density at radius 2 is 2.18 bits per heavy atom. The minimum absolute atomic E-state index is 0.0980. The maximum Gasteiger partial charge on any atom is 0.234 e. The first kappa shape index (κ1) is 14.4. The molecule has 1 heterocycles. The number of sulfonamides is 1. The van der Waals surface area contributed by atoms with Crippen LogP contribution in [0, 0.1) is 0 Å². The molecule has 17 heavy (non-hydrogen) atoms. The Bertz CT molecular complexity index is 440. The van der Waals surface area contributed by atoms with Crippen molar-refractivity contribution in [1.29, 1.82) is 0 Å². The molecule has 1 aromatic rings. The molecule has 0 fully saturated rings. The minimum atomic E-state index is -3.28. The van der Waals surface area contributed by atoms with Crippen LogP contribution in [-0.2, 0) is 10.0 Å². The quantitative estimate of drug-likeness (QED) is 0.743. The van der Waals surface area contributed by atoms with Crippen LogP contribution < -0.4 is 10.5 Å². The average molecular weight is 277 g/mol. The summed E-state index contributed by atoms with van der Waals surface area (Å²) < 4.78 is 25.8. The van der Waals surface area contributed by atoms with E-state index < -0.39 is 10.0 Å². The van der Waals surface area contributed by atoms with E-state index in [9.17, 15) is 8.42 Å². The molecule has 0 saturated heterocycles. The van der Waals surface area contributed by atoms with Crippen LogP contribution in [0.15, 0.2) is 5.38 Å². The van der Waals surface area contributed by atoms with Gasteiger partial charge in [-0.05, 0) is 25.3 Å². The number of aromatic nitrogens is 1. The molecular weight excluding hydrogens is 258 g/mol. The van der Waals surface area contributed by atoms with E-state index in [1.54, 1.807) is 0 Å². The van der Waals surface area contributed by atoms with Crippen molar-refractivity contribution in [2.24, 2.45) is 5.73 Å². The van der Waals surface area contributed by atoms with Gasteiger partial charge in [-0.15, -0.1) is 11.3 Å². The first-order chi connectivity index (χ1) is 7.94. The van der Waals surface area contributed by atoms with Gasteiger partial charge < -0.3 is 5.73 Å². The highest BCUT2D eigenvalue weighted by Gasteiger charge is 2.13. The lowest BCUT2D eigenvalue weighted by atomic mass is 10.2. The summed E-state index contributed by atoms with van der Waals surface area (Å²) >= 11 is 1.32. The van der Waals surface area contributed by atoms with Crippen molar-refractivity contribution in [2.45, 2.75) is 32.6 Å². The van der Waals surface area contributed by atoms with Crippen LogP contribution >= 0.6 is 11.3 Å². The molecule has 7 heteroatoms. The van der Waals surface area contributed by atoms with Gasteiger partial charge in [0.25, 0.3) is 0 Å². The molecule has 3 N–H and O–H groups in total. The molecule has 0 atom stereocenters. The molecule has 0 aliphatic carbocycles. The van der Waals surface area contributed by atoms with Crippen LogP contribution in [0.25, 0.3) is 0 Å². The van der Waals surface area contributed by atoms with Gasteiger partial charge >= 0.3 is 0 Å². The van der Waals surface area contributed by atoms with Crippen LogP contribution in [-0.4, -0.2) is 25.7 Å². The van der Waals surface area contributed by atoms with Gasteiger partial charge in [0.1, 0.15) is 0 Å². The summed E-state index contributed by atoms with van der Waals surface area (Å²) in [5.41, 5.74) is 6.23. The summed E-state index contributed by atoms with van der Waals surface area (Å²) in [4.78, 5) is 4.23. The first-order valence-electron chi connectivity index (χ1n) is 5.60. The largest absolute Gasteiger partial charge is 0.330 e. The number of nitrogens with two attached hydrogens (primary N) is 1. The molecule has 0 aliphatic heterocycles. The maximum absolute atomic E-state index is 11.7. The van der Waals surface area contributed by atoms with Crippen LogP contribution in [0.4, 0.5) is 5.13 Å². The van der Waals surface area contributed by atoms with E-state index in [4.69, 9.17) is 5.73 Å². The summed E-state index contributed by atoms with van der Waals surface area (Å²) in [5.74, 6) is 0.405. The van der Waals surface area contributed by atoms with E-state index in [0.29, 0.717) is 24.0 Å². The molecule has 0 unspecified atom stereocenters. The van der Waals surface area contributed by atoms with Crippen molar-refractivity contribution in [3.05, 3.63) is 11.1 Å². The predicted molar refractivity (Wildman–Crippen MR) is 71.9 cm³/mol. The highest BCUT2D eigenvalue weighted by Crippen LogP contribution is 2.22. The lowest BCUT2D eigenvalue weighted by Gasteiger charge is -2.04. The van der Waals surface area contributed by atoms with Gasteiger partial charge in [0, 0.05) is 5.38 Å². The molecule has 0 bridgehead atoms. The molecule has 5 nitrogen and oxygen atoms in total. The van der Waals surface area contributed by atoms with E-state index in [0.717, 1.165) is 12.1 Å². The number of unbranched alkanes of at least 4 members (excludes halogenated alkanes) is 1. The third-order valence-corrected chi connectivity index (χ3v) is 4.46. The van der Waals surface area contributed by atoms with Crippen LogP contribution in [0.2, 0.25) is 0 Å². The maximum atomic E-state index is 11.7. The van der Waals surface area contributed by atoms with E-state index in [-0.39, 0.29) is 5.75 Å². The number of hydrogen-bond acceptors (Lipinski definition) is 5. The van der Waals surface area contributed by atoms with E-state index in [2.05, 4.69) is 9.71 Å². The summed E-state index contributed by atoms with van der Waals surface area (Å²) in [6, 6.07) is 0. The third kappa shape index (κ3) is 5.01. The molecule has 0 aliphatic rings. The second-order valence-corrected chi connectivity index (χ2v) is 6.85. The Morgan fingerprint density at radius 3 is 2.71 bits per heavy atom. The number of thiazole rings is 1. The van der Waals surface area contributed by atoms with Crippen molar-refractivity contribution in [3.63, 3.8) is 0 Å². The van der Waals surface area contributed by atoms with Crippen molar-refractivity contribution < 1.29 is 8.42 Å². The zero-order chi connectivity index (χ0) is 12.9. The summed E-state index contributed by atoms with van der Waals surface area (Å²) in [5, 5.41) is 2.32. The third-order valence-electron chi connectivity index (χ3n) is 2.22. The van der Waals surface area contributed by atoms with Crippen LogP contribution in [0.1, 0.15) is 38.3 Å². The fourth-order valence-corrected chi connectivity index (χ4v) is 3.51.